The zero-order chi connectivity index (χ0) is 41.7. The number of hydrogen-bond donors (Lipinski definition) is 0. The summed E-state index contributed by atoms with van der Waals surface area (Å²) >= 11 is 0. The molecule has 234 valence electrons. The van der Waals surface area contributed by atoms with Gasteiger partial charge in [0.1, 0.15) is 11.2 Å². The number of nitrogens with zero attached hydrogens (tertiary/aromatic N) is 4. The fourth-order valence-corrected chi connectivity index (χ4v) is 6.70. The highest BCUT2D eigenvalue weighted by Crippen LogP contribution is 2.42. The molecule has 0 spiro atoms. The van der Waals surface area contributed by atoms with E-state index in [1.165, 1.54) is 0 Å². The molecule has 0 saturated carbocycles. The van der Waals surface area contributed by atoms with Crippen LogP contribution < -0.4 is 0 Å². The zero-order valence-corrected chi connectivity index (χ0v) is 26.1. The van der Waals surface area contributed by atoms with Gasteiger partial charge in [0.05, 0.1) is 30.3 Å². The number of fused-ring (bicyclic) bond motifs is 6. The van der Waals surface area contributed by atoms with Gasteiger partial charge >= 0.3 is 0 Å². The van der Waals surface area contributed by atoms with Crippen molar-refractivity contribution in [1.82, 2.24) is 19.5 Å². The van der Waals surface area contributed by atoms with Crippen LogP contribution in [0.15, 0.2) is 174 Å². The summed E-state index contributed by atoms with van der Waals surface area (Å²) in [5, 5.41) is 3.69. The van der Waals surface area contributed by atoms with Crippen LogP contribution in [0.2, 0.25) is 0 Å². The lowest BCUT2D eigenvalue weighted by atomic mass is 9.97. The molecule has 0 aliphatic rings. The highest BCUT2D eigenvalue weighted by atomic mass is 16.3. The van der Waals surface area contributed by atoms with Crippen LogP contribution in [0.25, 0.3) is 94.7 Å². The van der Waals surface area contributed by atoms with Gasteiger partial charge in [0.2, 0.25) is 0 Å². The summed E-state index contributed by atoms with van der Waals surface area (Å²) in [7, 11) is 0. The Bertz CT molecular complexity index is 3310. The minimum absolute atomic E-state index is 0.0741. The Morgan fingerprint density at radius 1 is 0.480 bits per heavy atom. The van der Waals surface area contributed by atoms with Gasteiger partial charge in [0.15, 0.2) is 17.5 Å². The molecule has 0 aliphatic carbocycles. The molecule has 0 unspecified atom stereocenters. The quantitative estimate of drug-likeness (QED) is 0.186. The summed E-state index contributed by atoms with van der Waals surface area (Å²) in [5.41, 5.74) is 5.60. The highest BCUT2D eigenvalue weighted by Gasteiger charge is 2.20. The molecule has 5 nitrogen and oxygen atoms in total. The second-order valence-electron chi connectivity index (χ2n) is 11.7. The van der Waals surface area contributed by atoms with Gasteiger partial charge in [0.25, 0.3) is 0 Å². The van der Waals surface area contributed by atoms with Crippen molar-refractivity contribution in [2.24, 2.45) is 0 Å². The van der Waals surface area contributed by atoms with Gasteiger partial charge in [-0.3, -0.25) is 0 Å². The Kier molecular flexibility index (Phi) is 4.52. The first-order valence-electron chi connectivity index (χ1n) is 20.9. The molecule has 3 aromatic heterocycles. The van der Waals surface area contributed by atoms with Crippen molar-refractivity contribution in [3.05, 3.63) is 170 Å². The van der Waals surface area contributed by atoms with Crippen LogP contribution in [0.4, 0.5) is 0 Å². The number of furan rings is 1. The Morgan fingerprint density at radius 3 is 1.86 bits per heavy atom. The predicted octanol–water partition coefficient (Wildman–Crippen LogP) is 11.5. The summed E-state index contributed by atoms with van der Waals surface area (Å²) < 4.78 is 93.2. The Morgan fingerprint density at radius 2 is 1.10 bits per heavy atom. The largest absolute Gasteiger partial charge is 0.455 e. The van der Waals surface area contributed by atoms with E-state index in [1.54, 1.807) is 12.1 Å². The van der Waals surface area contributed by atoms with E-state index in [1.807, 2.05) is 54.6 Å². The molecular formula is C45H28N4O. The van der Waals surface area contributed by atoms with Crippen molar-refractivity contribution in [3.8, 4) is 51.0 Å². The number of hydrogen-bond acceptors (Lipinski definition) is 4. The van der Waals surface area contributed by atoms with E-state index < -0.39 is 60.4 Å². The van der Waals surface area contributed by atoms with E-state index in [0.717, 1.165) is 44.0 Å². The molecule has 0 N–H and O–H groups in total. The summed E-state index contributed by atoms with van der Waals surface area (Å²) in [6, 6.07) is 30.0. The number of benzene rings is 7. The third-order valence-electron chi connectivity index (χ3n) is 8.84. The van der Waals surface area contributed by atoms with E-state index in [-0.39, 0.29) is 28.6 Å². The van der Waals surface area contributed by atoms with Crippen molar-refractivity contribution < 1.29 is 18.1 Å². The maximum absolute atomic E-state index is 8.70. The maximum Gasteiger partial charge on any atom is 0.167 e. The molecule has 10 aromatic rings. The van der Waals surface area contributed by atoms with E-state index in [2.05, 4.69) is 62.0 Å². The summed E-state index contributed by atoms with van der Waals surface area (Å²) in [4.78, 5) is 13.7. The average Bonchev–Trinajstić information content (AvgIpc) is 3.82. The van der Waals surface area contributed by atoms with Gasteiger partial charge in [-0.1, -0.05) is 127 Å². The first-order chi connectivity index (χ1) is 28.9. The smallest absolute Gasteiger partial charge is 0.167 e. The minimum atomic E-state index is -0.618. The molecule has 5 heteroatoms. The van der Waals surface area contributed by atoms with E-state index >= 15 is 0 Å². The van der Waals surface area contributed by atoms with Crippen LogP contribution in [-0.2, 0) is 0 Å². The van der Waals surface area contributed by atoms with Gasteiger partial charge in [0, 0.05) is 38.4 Å². The van der Waals surface area contributed by atoms with Gasteiger partial charge in [-0.25, -0.2) is 15.0 Å². The van der Waals surface area contributed by atoms with E-state index in [9.17, 15) is 0 Å². The third-order valence-corrected chi connectivity index (χ3v) is 8.84. The standard InChI is InChI=1S/C45H28N4O/c1-4-14-29(15-5-1)43-46-44(30-16-6-2-7-17-30)48-45(47-43)36-23-12-22-35-41-33(21-13-25-40(41)50-42(35)36)31-26-27-39-37(28-31)34-20-10-11-24-38(34)49(39)32-18-8-3-9-19-32/h1-28H/i1D,2D,4D,5D,6D,7D,14D,15D,16D,17D. The second-order valence-corrected chi connectivity index (χ2v) is 11.7. The Labute approximate surface area is 301 Å². The van der Waals surface area contributed by atoms with E-state index in [4.69, 9.17) is 18.1 Å². The lowest BCUT2D eigenvalue weighted by molar-refractivity contribution is 0.669. The van der Waals surface area contributed by atoms with Gasteiger partial charge in [-0.15, -0.1) is 0 Å². The summed E-state index contributed by atoms with van der Waals surface area (Å²) in [5.74, 6) is -0.777. The number of para-hydroxylation sites is 3. The highest BCUT2D eigenvalue weighted by molar-refractivity contribution is 6.17. The average molecular weight is 651 g/mol. The van der Waals surface area contributed by atoms with Crippen molar-refractivity contribution in [3.63, 3.8) is 0 Å². The summed E-state index contributed by atoms with van der Waals surface area (Å²) in [6.07, 6.45) is 0. The fraction of sp³-hybridized carbons (Fsp3) is 0. The van der Waals surface area contributed by atoms with Gasteiger partial charge in [-0.2, -0.15) is 0 Å². The second kappa shape index (κ2) is 11.4. The van der Waals surface area contributed by atoms with Crippen LogP contribution in [0.3, 0.4) is 0 Å². The topological polar surface area (TPSA) is 56.7 Å². The van der Waals surface area contributed by atoms with Crippen molar-refractivity contribution in [1.29, 1.82) is 0 Å². The van der Waals surface area contributed by atoms with Gasteiger partial charge in [-0.05, 0) is 53.6 Å². The lowest BCUT2D eigenvalue weighted by Gasteiger charge is -2.09. The predicted molar refractivity (Wildman–Crippen MR) is 203 cm³/mol. The molecule has 0 aliphatic heterocycles. The molecule has 7 aromatic carbocycles. The molecule has 0 radical (unpaired) electrons. The van der Waals surface area contributed by atoms with Crippen LogP contribution in [0, 0.1) is 0 Å². The zero-order valence-electron chi connectivity index (χ0n) is 36.1. The van der Waals surface area contributed by atoms with Crippen molar-refractivity contribution in [2.75, 3.05) is 0 Å². The molecule has 0 atom stereocenters. The summed E-state index contributed by atoms with van der Waals surface area (Å²) in [6.45, 7) is 0. The SMILES string of the molecule is [2H]c1c([2H])c([2H])c(-c2nc(-c3c([2H])c([2H])c([2H])c([2H])c3[2H])nc(-c3cccc4c3oc3cccc(-c5ccc6c(c5)c5ccccc5n6-c5ccccc5)c34)n2)c([2H])c1[2H]. The van der Waals surface area contributed by atoms with Gasteiger partial charge < -0.3 is 8.98 Å². The van der Waals surface area contributed by atoms with Crippen molar-refractivity contribution >= 4 is 43.7 Å². The first-order valence-corrected chi connectivity index (χ1v) is 15.9. The van der Waals surface area contributed by atoms with E-state index in [0.29, 0.717) is 22.1 Å². The van der Waals surface area contributed by atoms with Crippen LogP contribution >= 0.6 is 0 Å². The monoisotopic (exact) mass is 650 g/mol. The van der Waals surface area contributed by atoms with Crippen molar-refractivity contribution in [2.45, 2.75) is 0 Å². The molecule has 50 heavy (non-hydrogen) atoms. The number of aromatic nitrogens is 4. The molecule has 10 rings (SSSR count). The van der Waals surface area contributed by atoms with Crippen LogP contribution in [0.1, 0.15) is 13.7 Å². The molecular weight excluding hydrogens is 613 g/mol. The van der Waals surface area contributed by atoms with Crippen LogP contribution in [-0.4, -0.2) is 19.5 Å². The molecule has 0 fully saturated rings. The molecule has 0 saturated heterocycles. The molecule has 3 heterocycles. The molecule has 0 amide bonds. The lowest BCUT2D eigenvalue weighted by Crippen LogP contribution is -2.00. The minimum Gasteiger partial charge on any atom is -0.455 e. The maximum atomic E-state index is 8.70. The Hall–Kier alpha value is -6.85. The van der Waals surface area contributed by atoms with Crippen LogP contribution in [0.5, 0.6) is 0 Å². The molecule has 0 bridgehead atoms. The number of rotatable bonds is 5. The normalized spacial score (nSPS) is 14.4. The Balaban J connectivity index is 1.22. The fourth-order valence-electron chi connectivity index (χ4n) is 6.70. The first kappa shape index (κ1) is 19.8. The third kappa shape index (κ3) is 4.52.